The van der Waals surface area contributed by atoms with E-state index in [9.17, 15) is 9.59 Å². The molecule has 5 nitrogen and oxygen atoms in total. The Morgan fingerprint density at radius 3 is 2.67 bits per heavy atom. The summed E-state index contributed by atoms with van der Waals surface area (Å²) in [4.78, 5) is 23.5. The predicted molar refractivity (Wildman–Crippen MR) is 114 cm³/mol. The van der Waals surface area contributed by atoms with Crippen LogP contribution in [0.4, 0.5) is 0 Å². The van der Waals surface area contributed by atoms with Crippen LogP contribution >= 0.6 is 0 Å². The molecule has 1 heterocycles. The van der Waals surface area contributed by atoms with E-state index in [2.05, 4.69) is 30.2 Å². The Morgan fingerprint density at radius 2 is 1.97 bits per heavy atom. The molecule has 0 N–H and O–H groups in total. The van der Waals surface area contributed by atoms with Crippen molar-refractivity contribution in [2.75, 3.05) is 0 Å². The lowest BCUT2D eigenvalue weighted by Crippen LogP contribution is -2.50. The lowest BCUT2D eigenvalue weighted by molar-refractivity contribution is -0.148. The number of rotatable bonds is 3. The van der Waals surface area contributed by atoms with E-state index in [0.717, 1.165) is 50.4 Å². The lowest BCUT2D eigenvalue weighted by Gasteiger charge is -2.58. The first kappa shape index (κ1) is 19.9. The molecule has 2 fully saturated rings. The molecule has 7 atom stereocenters. The van der Waals surface area contributed by atoms with Gasteiger partial charge >= 0.3 is 5.97 Å². The molecule has 0 bridgehead atoms. The molecule has 5 heteroatoms. The van der Waals surface area contributed by atoms with Gasteiger partial charge in [0, 0.05) is 19.5 Å². The van der Waals surface area contributed by atoms with E-state index >= 15 is 0 Å². The fourth-order valence-corrected chi connectivity index (χ4v) is 7.77. The number of fused-ring (bicyclic) bond motifs is 5. The van der Waals surface area contributed by atoms with Crippen molar-refractivity contribution in [2.24, 2.45) is 38.8 Å². The summed E-state index contributed by atoms with van der Waals surface area (Å²) >= 11 is 0. The molecule has 0 amide bonds. The highest BCUT2D eigenvalue weighted by atomic mass is 16.5. The van der Waals surface area contributed by atoms with E-state index in [0.29, 0.717) is 17.8 Å². The van der Waals surface area contributed by atoms with E-state index in [1.165, 1.54) is 24.5 Å². The fourth-order valence-electron chi connectivity index (χ4n) is 7.77. The molecule has 0 aromatic heterocycles. The molecule has 5 rings (SSSR count). The smallest absolute Gasteiger partial charge is 0.302 e. The Labute approximate surface area is 178 Å². The van der Waals surface area contributed by atoms with Crippen molar-refractivity contribution in [3.63, 3.8) is 0 Å². The average molecular weight is 409 g/mol. The van der Waals surface area contributed by atoms with Crippen molar-refractivity contribution in [3.8, 4) is 0 Å². The minimum Gasteiger partial charge on any atom is -0.462 e. The highest BCUT2D eigenvalue weighted by molar-refractivity contribution is 5.77. The summed E-state index contributed by atoms with van der Waals surface area (Å²) in [6, 6.07) is -0.0544. The van der Waals surface area contributed by atoms with Crippen molar-refractivity contribution in [3.05, 3.63) is 35.1 Å². The number of nitrogens with zero attached hydrogens (tertiary/aromatic N) is 2. The molecular formula is C25H32N2O3. The van der Waals surface area contributed by atoms with Gasteiger partial charge in [0.25, 0.3) is 0 Å². The van der Waals surface area contributed by atoms with Crippen LogP contribution in [-0.4, -0.2) is 24.4 Å². The molecule has 0 saturated heterocycles. The van der Waals surface area contributed by atoms with Crippen LogP contribution in [0.5, 0.6) is 0 Å². The molecule has 5 aliphatic rings. The van der Waals surface area contributed by atoms with Gasteiger partial charge in [-0.15, -0.1) is 0 Å². The summed E-state index contributed by atoms with van der Waals surface area (Å²) in [5.41, 5.74) is 3.93. The molecule has 0 aromatic carbocycles. The third-order valence-corrected chi connectivity index (χ3v) is 9.15. The maximum absolute atomic E-state index is 12.0. The van der Waals surface area contributed by atoms with Gasteiger partial charge in [0.05, 0.1) is 0 Å². The van der Waals surface area contributed by atoms with Gasteiger partial charge in [-0.3, -0.25) is 9.59 Å². The number of esters is 1. The van der Waals surface area contributed by atoms with Crippen LogP contribution in [0.15, 0.2) is 45.3 Å². The van der Waals surface area contributed by atoms with Crippen molar-refractivity contribution >= 4 is 12.3 Å². The molecule has 2 saturated carbocycles. The molecule has 0 radical (unpaired) electrons. The number of ether oxygens (including phenoxy) is 1. The Balaban J connectivity index is 1.44. The van der Waals surface area contributed by atoms with E-state index in [1.807, 2.05) is 6.08 Å². The fraction of sp³-hybridized carbons (Fsp3) is 0.680. The van der Waals surface area contributed by atoms with E-state index in [4.69, 9.17) is 4.74 Å². The van der Waals surface area contributed by atoms with Gasteiger partial charge in [0.2, 0.25) is 0 Å². The van der Waals surface area contributed by atoms with Gasteiger partial charge in [-0.2, -0.15) is 10.2 Å². The summed E-state index contributed by atoms with van der Waals surface area (Å²) < 4.78 is 5.56. The largest absolute Gasteiger partial charge is 0.462 e. The van der Waals surface area contributed by atoms with E-state index < -0.39 is 0 Å². The molecular weight excluding hydrogens is 376 g/mol. The number of hydrogen-bond donors (Lipinski definition) is 0. The zero-order chi connectivity index (χ0) is 21.1. The third kappa shape index (κ3) is 2.80. The Hall–Kier alpha value is -2.04. The van der Waals surface area contributed by atoms with Crippen LogP contribution in [0.3, 0.4) is 0 Å². The van der Waals surface area contributed by atoms with Gasteiger partial charge in [-0.1, -0.05) is 25.5 Å². The summed E-state index contributed by atoms with van der Waals surface area (Å²) in [5, 5.41) is 8.48. The van der Waals surface area contributed by atoms with Crippen LogP contribution in [-0.2, 0) is 14.3 Å². The van der Waals surface area contributed by atoms with Crippen LogP contribution < -0.4 is 0 Å². The number of aldehydes is 1. The zero-order valence-corrected chi connectivity index (χ0v) is 18.3. The van der Waals surface area contributed by atoms with Crippen molar-refractivity contribution in [2.45, 2.75) is 77.9 Å². The summed E-state index contributed by atoms with van der Waals surface area (Å²) in [6.45, 7) is 6.33. The molecule has 30 heavy (non-hydrogen) atoms. The maximum atomic E-state index is 12.0. The highest BCUT2D eigenvalue weighted by Gasteiger charge is 2.59. The van der Waals surface area contributed by atoms with Crippen LogP contribution in [0, 0.1) is 28.6 Å². The Kier molecular flexibility index (Phi) is 4.64. The second-order valence-corrected chi connectivity index (χ2v) is 10.5. The monoisotopic (exact) mass is 408 g/mol. The van der Waals surface area contributed by atoms with Crippen molar-refractivity contribution in [1.29, 1.82) is 0 Å². The minimum atomic E-state index is -0.171. The number of carbonyl (C=O) groups excluding carboxylic acids is 2. The van der Waals surface area contributed by atoms with Gasteiger partial charge in [0.1, 0.15) is 18.4 Å². The topological polar surface area (TPSA) is 68.1 Å². The number of allylic oxidation sites excluding steroid dienone is 2. The van der Waals surface area contributed by atoms with Gasteiger partial charge in [-0.25, -0.2) is 0 Å². The second kappa shape index (κ2) is 7.00. The van der Waals surface area contributed by atoms with Gasteiger partial charge in [0.15, 0.2) is 0 Å². The predicted octanol–water partition coefficient (Wildman–Crippen LogP) is 5.33. The average Bonchev–Trinajstić information content (AvgIpc) is 3.32. The maximum Gasteiger partial charge on any atom is 0.302 e. The molecule has 0 spiro atoms. The first-order chi connectivity index (χ1) is 14.4. The standard InChI is InChI=1S/C25H32N2O3/c1-15(29)30-18-6-9-24(2)17(13-18)4-5-19-20(24)7-10-25(3)21(19)12-16(14-28)23(25)22-8-11-26-27-22/h4,8,11,14,18-22H,5-7,9-10,12-13H2,1-3H3/t18-,19+,20-,21-,22?,24-,25-/m0/s1. The Bertz CT molecular complexity index is 888. The van der Waals surface area contributed by atoms with E-state index in [-0.39, 0.29) is 28.9 Å². The number of azo groups is 1. The highest BCUT2D eigenvalue weighted by Crippen LogP contribution is 2.66. The first-order valence-corrected chi connectivity index (χ1v) is 11.5. The molecule has 0 aromatic rings. The summed E-state index contributed by atoms with van der Waals surface area (Å²) in [5.74, 6) is 1.56. The summed E-state index contributed by atoms with van der Waals surface area (Å²) in [7, 11) is 0. The Morgan fingerprint density at radius 1 is 1.17 bits per heavy atom. The lowest BCUT2D eigenvalue weighted by atomic mass is 9.47. The minimum absolute atomic E-state index is 0.0341. The SMILES string of the molecule is CC(=O)O[C@H]1CC[C@@]2(C)C(=CC[C@@H]3[C@@H]2CC[C@]2(C)C(C4C=CN=N4)=C(C=O)C[C@@H]32)C1. The van der Waals surface area contributed by atoms with Crippen LogP contribution in [0.2, 0.25) is 0 Å². The second-order valence-electron chi connectivity index (χ2n) is 10.5. The van der Waals surface area contributed by atoms with Crippen molar-refractivity contribution < 1.29 is 14.3 Å². The van der Waals surface area contributed by atoms with Gasteiger partial charge < -0.3 is 4.74 Å². The number of hydrogen-bond acceptors (Lipinski definition) is 5. The first-order valence-electron chi connectivity index (χ1n) is 11.5. The third-order valence-electron chi connectivity index (χ3n) is 9.15. The molecule has 4 aliphatic carbocycles. The zero-order valence-electron chi connectivity index (χ0n) is 18.3. The molecule has 160 valence electrons. The molecule has 1 unspecified atom stereocenters. The van der Waals surface area contributed by atoms with Crippen molar-refractivity contribution in [1.82, 2.24) is 0 Å². The quantitative estimate of drug-likeness (QED) is 0.360. The molecule has 1 aliphatic heterocycles. The normalized spacial score (nSPS) is 44.2. The van der Waals surface area contributed by atoms with E-state index in [1.54, 1.807) is 6.20 Å². The van der Waals surface area contributed by atoms with Gasteiger partial charge in [-0.05, 0) is 84.3 Å². The van der Waals surface area contributed by atoms with Crippen LogP contribution in [0.25, 0.3) is 0 Å². The summed E-state index contributed by atoms with van der Waals surface area (Å²) in [6.07, 6.45) is 14.6. The number of carbonyl (C=O) groups is 2. The van der Waals surface area contributed by atoms with Crippen LogP contribution in [0.1, 0.15) is 65.7 Å².